The van der Waals surface area contributed by atoms with Gasteiger partial charge in [0.25, 0.3) is 0 Å². The van der Waals surface area contributed by atoms with E-state index in [0.717, 1.165) is 3.97 Å². The van der Waals surface area contributed by atoms with Gasteiger partial charge in [-0.2, -0.15) is 8.42 Å². The van der Waals surface area contributed by atoms with Gasteiger partial charge < -0.3 is 9.31 Å². The zero-order valence-electron chi connectivity index (χ0n) is 12.6. The summed E-state index contributed by atoms with van der Waals surface area (Å²) in [5, 5.41) is 5.19. The van der Waals surface area contributed by atoms with E-state index in [1.54, 1.807) is 13.8 Å². The van der Waals surface area contributed by atoms with Crippen molar-refractivity contribution in [3.05, 3.63) is 11.5 Å². The number of hydrogen-bond donors (Lipinski definition) is 1. The summed E-state index contributed by atoms with van der Waals surface area (Å²) >= 11 is 0. The van der Waals surface area contributed by atoms with Crippen molar-refractivity contribution in [3.63, 3.8) is 0 Å². The Bertz CT molecular complexity index is 635. The van der Waals surface area contributed by atoms with Crippen LogP contribution in [-0.4, -0.2) is 35.7 Å². The van der Waals surface area contributed by atoms with Crippen LogP contribution in [0.3, 0.4) is 0 Å². The molecule has 2 rings (SSSR count). The van der Waals surface area contributed by atoms with Crippen molar-refractivity contribution in [2.45, 2.75) is 52.7 Å². The number of hydrogen-bond acceptors (Lipinski definition) is 5. The zero-order valence-corrected chi connectivity index (χ0v) is 13.4. The van der Waals surface area contributed by atoms with Gasteiger partial charge in [-0.25, -0.2) is 14.1 Å². The van der Waals surface area contributed by atoms with Crippen molar-refractivity contribution in [2.24, 2.45) is 5.14 Å². The van der Waals surface area contributed by atoms with Gasteiger partial charge in [0.2, 0.25) is 0 Å². The third kappa shape index (κ3) is 2.28. The summed E-state index contributed by atoms with van der Waals surface area (Å²) in [5.41, 5.74) is -0.175. The third-order valence-corrected chi connectivity index (χ3v) is 5.03. The molecule has 9 heteroatoms. The second-order valence-electron chi connectivity index (χ2n) is 6.03. The topological polar surface area (TPSA) is 96.4 Å². The Balaban J connectivity index is 2.48. The monoisotopic (exact) mass is 301 g/mol. The molecule has 0 saturated carbocycles. The number of aryl methyl sites for hydroxylation is 1. The maximum atomic E-state index is 11.6. The smallest absolute Gasteiger partial charge is 0.398 e. The van der Waals surface area contributed by atoms with Crippen molar-refractivity contribution >= 4 is 22.9 Å². The van der Waals surface area contributed by atoms with Gasteiger partial charge in [-0.1, -0.05) is 0 Å². The van der Waals surface area contributed by atoms with E-state index in [1.165, 1.54) is 0 Å². The molecule has 0 aromatic carbocycles. The Morgan fingerprint density at radius 1 is 1.15 bits per heavy atom. The van der Waals surface area contributed by atoms with Gasteiger partial charge in [-0.15, -0.1) is 0 Å². The molecule has 0 atom stereocenters. The Hall–Kier alpha value is -0.895. The third-order valence-electron chi connectivity index (χ3n) is 3.98. The molecule has 2 N–H and O–H groups in total. The maximum absolute atomic E-state index is 11.6. The summed E-state index contributed by atoms with van der Waals surface area (Å²) < 4.78 is 35.9. The predicted octanol–water partition coefficient (Wildman–Crippen LogP) is -0.149. The van der Waals surface area contributed by atoms with E-state index in [9.17, 15) is 8.42 Å². The number of nitrogens with two attached hydrogens (primary N) is 1. The summed E-state index contributed by atoms with van der Waals surface area (Å²) in [5.74, 6) is 0.287. The SMILES string of the molecule is Cc1nc(B2OC(C)(C)C(C)(C)O2)c(C)n1S(N)(=O)=O. The average molecular weight is 301 g/mol. The van der Waals surface area contributed by atoms with Gasteiger partial charge in [0.15, 0.2) is 0 Å². The Morgan fingerprint density at radius 3 is 1.95 bits per heavy atom. The van der Waals surface area contributed by atoms with Crippen molar-refractivity contribution in [1.82, 2.24) is 8.96 Å². The van der Waals surface area contributed by atoms with Crippen LogP contribution in [0.25, 0.3) is 0 Å². The largest absolute Gasteiger partial charge is 0.516 e. The van der Waals surface area contributed by atoms with Gasteiger partial charge in [-0.3, -0.25) is 0 Å². The van der Waals surface area contributed by atoms with Crippen molar-refractivity contribution < 1.29 is 17.7 Å². The standard InChI is InChI=1S/C11H20BN3O4S/c1-7-9(14-8(2)15(7)20(13,16)17)12-18-10(3,4)11(5,6)19-12/h1-6H3,(H2,13,16,17). The zero-order chi connectivity index (χ0) is 15.5. The van der Waals surface area contributed by atoms with Crippen molar-refractivity contribution in [2.75, 3.05) is 0 Å². The number of aromatic nitrogens is 2. The Morgan fingerprint density at radius 2 is 1.60 bits per heavy atom. The number of rotatable bonds is 2. The van der Waals surface area contributed by atoms with Crippen LogP contribution in [0.5, 0.6) is 0 Å². The first-order chi connectivity index (χ1) is 8.87. The Labute approximate surface area is 119 Å². The molecule has 1 aliphatic rings. The molecular weight excluding hydrogens is 281 g/mol. The Kier molecular flexibility index (Phi) is 3.33. The van der Waals surface area contributed by atoms with E-state index in [0.29, 0.717) is 11.3 Å². The van der Waals surface area contributed by atoms with E-state index >= 15 is 0 Å². The van der Waals surface area contributed by atoms with E-state index in [1.807, 2.05) is 27.7 Å². The summed E-state index contributed by atoms with van der Waals surface area (Å²) in [6.45, 7) is 10.9. The molecule has 0 radical (unpaired) electrons. The van der Waals surface area contributed by atoms with Crippen molar-refractivity contribution in [1.29, 1.82) is 0 Å². The van der Waals surface area contributed by atoms with E-state index in [-0.39, 0.29) is 5.82 Å². The van der Waals surface area contributed by atoms with Gasteiger partial charge >= 0.3 is 17.3 Å². The second-order valence-corrected chi connectivity index (χ2v) is 7.42. The minimum Gasteiger partial charge on any atom is -0.398 e. The van der Waals surface area contributed by atoms with Crippen LogP contribution in [0.2, 0.25) is 0 Å². The van der Waals surface area contributed by atoms with Crippen LogP contribution < -0.4 is 10.7 Å². The van der Waals surface area contributed by atoms with Crippen LogP contribution >= 0.6 is 0 Å². The molecule has 0 unspecified atom stereocenters. The van der Waals surface area contributed by atoms with Crippen LogP contribution in [-0.2, 0) is 19.5 Å². The first-order valence-corrected chi connectivity index (χ1v) is 7.82. The van der Waals surface area contributed by atoms with Crippen LogP contribution in [0.15, 0.2) is 0 Å². The second kappa shape index (κ2) is 4.30. The van der Waals surface area contributed by atoms with Crippen LogP contribution in [0.4, 0.5) is 0 Å². The van der Waals surface area contributed by atoms with Crippen LogP contribution in [0.1, 0.15) is 39.2 Å². The molecule has 1 aromatic heterocycles. The van der Waals surface area contributed by atoms with E-state index in [2.05, 4.69) is 4.98 Å². The molecule has 0 aliphatic carbocycles. The van der Waals surface area contributed by atoms with E-state index in [4.69, 9.17) is 14.4 Å². The fourth-order valence-corrected chi connectivity index (χ4v) is 3.08. The lowest BCUT2D eigenvalue weighted by atomic mass is 9.83. The van der Waals surface area contributed by atoms with Crippen molar-refractivity contribution in [3.8, 4) is 0 Å². The fourth-order valence-electron chi connectivity index (χ4n) is 2.20. The van der Waals surface area contributed by atoms with Gasteiger partial charge in [0, 0.05) is 0 Å². The summed E-state index contributed by atoms with van der Waals surface area (Å²) in [6, 6.07) is 0. The molecular formula is C11H20BN3O4S. The van der Waals surface area contributed by atoms with E-state index < -0.39 is 28.5 Å². The predicted molar refractivity (Wildman–Crippen MR) is 75.9 cm³/mol. The minimum absolute atomic E-state index is 0.287. The molecule has 1 aliphatic heterocycles. The molecule has 7 nitrogen and oxygen atoms in total. The number of nitrogens with zero attached hydrogens (tertiary/aromatic N) is 2. The first-order valence-electron chi connectivity index (χ1n) is 6.31. The first kappa shape index (κ1) is 15.5. The lowest BCUT2D eigenvalue weighted by Gasteiger charge is -2.32. The minimum atomic E-state index is -3.89. The fraction of sp³-hybridized carbons (Fsp3) is 0.727. The lowest BCUT2D eigenvalue weighted by molar-refractivity contribution is 0.00578. The quantitative estimate of drug-likeness (QED) is 0.766. The molecule has 1 aromatic rings. The summed E-state index contributed by atoms with van der Waals surface area (Å²) in [6.07, 6.45) is 0. The molecule has 1 fully saturated rings. The molecule has 0 spiro atoms. The molecule has 20 heavy (non-hydrogen) atoms. The molecule has 2 heterocycles. The molecule has 0 bridgehead atoms. The number of imidazole rings is 1. The summed E-state index contributed by atoms with van der Waals surface area (Å²) in [4.78, 5) is 4.24. The van der Waals surface area contributed by atoms with Gasteiger partial charge in [0.05, 0.1) is 22.5 Å². The molecule has 1 saturated heterocycles. The summed E-state index contributed by atoms with van der Waals surface area (Å²) in [7, 11) is -4.59. The maximum Gasteiger partial charge on any atom is 0.516 e. The highest BCUT2D eigenvalue weighted by molar-refractivity contribution is 7.87. The highest BCUT2D eigenvalue weighted by Crippen LogP contribution is 2.36. The average Bonchev–Trinajstić information content (AvgIpc) is 2.60. The normalized spacial score (nSPS) is 21.4. The molecule has 0 amide bonds. The van der Waals surface area contributed by atoms with Gasteiger partial charge in [0.1, 0.15) is 5.82 Å². The lowest BCUT2D eigenvalue weighted by Crippen LogP contribution is -2.41. The van der Waals surface area contributed by atoms with Crippen LogP contribution in [0, 0.1) is 13.8 Å². The highest BCUT2D eigenvalue weighted by atomic mass is 32.2. The van der Waals surface area contributed by atoms with Gasteiger partial charge in [-0.05, 0) is 41.5 Å². The molecule has 112 valence electrons. The highest BCUT2D eigenvalue weighted by Gasteiger charge is 2.53.